The van der Waals surface area contributed by atoms with Crippen LogP contribution in [-0.2, 0) is 4.79 Å². The average Bonchev–Trinajstić information content (AvgIpc) is 2.57. The molecule has 0 saturated heterocycles. The van der Waals surface area contributed by atoms with E-state index in [1.807, 2.05) is 13.8 Å². The number of carbonyl (C=O) groups excluding carboxylic acids is 1. The van der Waals surface area contributed by atoms with E-state index in [1.54, 1.807) is 5.01 Å². The maximum absolute atomic E-state index is 12.4. The van der Waals surface area contributed by atoms with Crippen LogP contribution in [0.4, 0.5) is 0 Å². The Kier molecular flexibility index (Phi) is 15.1. The first-order valence-corrected chi connectivity index (χ1v) is 10.3. The maximum atomic E-state index is 12.4. The first-order valence-electron chi connectivity index (χ1n) is 10.3. The zero-order valence-corrected chi connectivity index (χ0v) is 16.8. The minimum Gasteiger partial charge on any atom is -0.274 e. The fraction of sp³-hybridized carbons (Fsp3) is 0.857. The fourth-order valence-electron chi connectivity index (χ4n) is 2.72. The molecule has 0 aliphatic carbocycles. The molecule has 1 N–H and O–H groups in total. The van der Waals surface area contributed by atoms with E-state index in [0.29, 0.717) is 5.57 Å². The summed E-state index contributed by atoms with van der Waals surface area (Å²) in [4.78, 5) is 12.4. The van der Waals surface area contributed by atoms with E-state index in [1.165, 1.54) is 57.8 Å². The van der Waals surface area contributed by atoms with Crippen LogP contribution < -0.4 is 5.43 Å². The molecule has 0 aromatic heterocycles. The molecule has 0 rings (SSSR count). The van der Waals surface area contributed by atoms with Crippen LogP contribution in [0.2, 0.25) is 0 Å². The number of carbonyl (C=O) groups is 1. The van der Waals surface area contributed by atoms with Crippen molar-refractivity contribution in [2.45, 2.75) is 98.3 Å². The molecule has 0 bridgehead atoms. The molecule has 3 heteroatoms. The van der Waals surface area contributed by atoms with Crippen molar-refractivity contribution in [3.05, 3.63) is 12.2 Å². The Balaban J connectivity index is 3.71. The van der Waals surface area contributed by atoms with Crippen molar-refractivity contribution < 1.29 is 4.79 Å². The predicted molar refractivity (Wildman–Crippen MR) is 106 cm³/mol. The van der Waals surface area contributed by atoms with Gasteiger partial charge in [-0.05, 0) is 18.8 Å². The Bertz CT molecular complexity index is 326. The van der Waals surface area contributed by atoms with Gasteiger partial charge >= 0.3 is 0 Å². The summed E-state index contributed by atoms with van der Waals surface area (Å²) < 4.78 is 0. The summed E-state index contributed by atoms with van der Waals surface area (Å²) in [5, 5.41) is 1.76. The third-order valence-corrected chi connectivity index (χ3v) is 4.50. The van der Waals surface area contributed by atoms with Crippen LogP contribution in [0.1, 0.15) is 98.3 Å². The minimum absolute atomic E-state index is 0.0546. The zero-order chi connectivity index (χ0) is 18.2. The summed E-state index contributed by atoms with van der Waals surface area (Å²) in [6.07, 6.45) is 14.3. The quantitative estimate of drug-likeness (QED) is 0.217. The van der Waals surface area contributed by atoms with Crippen LogP contribution >= 0.6 is 0 Å². The van der Waals surface area contributed by atoms with Crippen LogP contribution in [0.15, 0.2) is 12.2 Å². The first kappa shape index (κ1) is 23.2. The van der Waals surface area contributed by atoms with Gasteiger partial charge in [0.25, 0.3) is 5.91 Å². The minimum atomic E-state index is 0.0546. The van der Waals surface area contributed by atoms with Crippen LogP contribution in [0.5, 0.6) is 0 Å². The Hall–Kier alpha value is -0.830. The molecule has 0 spiro atoms. The highest BCUT2D eigenvalue weighted by atomic mass is 16.2. The molecule has 0 aliphatic rings. The first-order chi connectivity index (χ1) is 11.5. The molecule has 0 radical (unpaired) electrons. The zero-order valence-electron chi connectivity index (χ0n) is 16.8. The molecule has 24 heavy (non-hydrogen) atoms. The third-order valence-electron chi connectivity index (χ3n) is 4.50. The van der Waals surface area contributed by atoms with E-state index in [9.17, 15) is 4.79 Å². The van der Waals surface area contributed by atoms with Gasteiger partial charge in [0.15, 0.2) is 0 Å². The molecule has 0 fully saturated rings. The number of amides is 1. The predicted octanol–water partition coefficient (Wildman–Crippen LogP) is 5.86. The Morgan fingerprint density at radius 3 is 1.83 bits per heavy atom. The Morgan fingerprint density at radius 2 is 1.38 bits per heavy atom. The summed E-state index contributed by atoms with van der Waals surface area (Å²) in [6.45, 7) is 14.0. The van der Waals surface area contributed by atoms with Gasteiger partial charge in [-0.15, -0.1) is 0 Å². The number of rotatable bonds is 16. The van der Waals surface area contributed by atoms with Crippen molar-refractivity contribution in [2.75, 3.05) is 13.1 Å². The lowest BCUT2D eigenvalue weighted by atomic mass is 10.0. The monoisotopic (exact) mass is 338 g/mol. The Morgan fingerprint density at radius 1 is 0.875 bits per heavy atom. The van der Waals surface area contributed by atoms with Crippen LogP contribution in [0, 0.1) is 5.92 Å². The number of nitrogens with zero attached hydrogens (tertiary/aromatic N) is 1. The van der Waals surface area contributed by atoms with Crippen molar-refractivity contribution in [2.24, 2.45) is 5.92 Å². The van der Waals surface area contributed by atoms with Gasteiger partial charge in [-0.25, -0.2) is 5.43 Å². The normalized spacial score (nSPS) is 11.0. The summed E-state index contributed by atoms with van der Waals surface area (Å²) >= 11 is 0. The molecular weight excluding hydrogens is 296 g/mol. The second kappa shape index (κ2) is 15.7. The summed E-state index contributed by atoms with van der Waals surface area (Å²) in [5.74, 6) is 0.259. The number of hydrazine groups is 1. The van der Waals surface area contributed by atoms with E-state index in [4.69, 9.17) is 0 Å². The lowest BCUT2D eigenvalue weighted by Gasteiger charge is -2.25. The van der Waals surface area contributed by atoms with Crippen LogP contribution in [0.25, 0.3) is 0 Å². The van der Waals surface area contributed by atoms with Crippen molar-refractivity contribution in [1.29, 1.82) is 0 Å². The van der Waals surface area contributed by atoms with Gasteiger partial charge in [-0.2, -0.15) is 0 Å². The van der Waals surface area contributed by atoms with E-state index in [0.717, 1.165) is 25.9 Å². The molecule has 0 aliphatic heterocycles. The molecule has 0 aromatic rings. The van der Waals surface area contributed by atoms with E-state index >= 15 is 0 Å². The topological polar surface area (TPSA) is 32.3 Å². The average molecular weight is 339 g/mol. The van der Waals surface area contributed by atoms with Crippen molar-refractivity contribution in [3.63, 3.8) is 0 Å². The number of nitrogens with one attached hydrogen (secondary N) is 1. The molecule has 1 amide bonds. The largest absolute Gasteiger partial charge is 0.274 e. The second-order valence-electron chi connectivity index (χ2n) is 7.23. The summed E-state index contributed by atoms with van der Waals surface area (Å²) in [5.41, 5.74) is 4.00. The fourth-order valence-corrected chi connectivity index (χ4v) is 2.72. The third kappa shape index (κ3) is 11.7. The van der Waals surface area contributed by atoms with Gasteiger partial charge < -0.3 is 0 Å². The highest BCUT2D eigenvalue weighted by molar-refractivity contribution is 5.92. The number of hydrogen-bond donors (Lipinski definition) is 1. The van der Waals surface area contributed by atoms with Gasteiger partial charge in [0.2, 0.25) is 0 Å². The molecule has 0 unspecified atom stereocenters. The van der Waals surface area contributed by atoms with Gasteiger partial charge in [0, 0.05) is 18.7 Å². The van der Waals surface area contributed by atoms with Gasteiger partial charge in [-0.1, -0.05) is 92.1 Å². The highest BCUT2D eigenvalue weighted by Gasteiger charge is 2.17. The molecule has 0 aromatic carbocycles. The summed E-state index contributed by atoms with van der Waals surface area (Å²) in [7, 11) is 0. The maximum Gasteiger partial charge on any atom is 0.263 e. The summed E-state index contributed by atoms with van der Waals surface area (Å²) in [6, 6.07) is 0. The van der Waals surface area contributed by atoms with Crippen LogP contribution in [0.3, 0.4) is 0 Å². The SMILES string of the molecule is C=C(C(=O)N(CCC)NCCCCCCCCCCCC)C(C)C. The second-order valence-corrected chi connectivity index (χ2v) is 7.23. The Labute approximate surface area is 151 Å². The van der Waals surface area contributed by atoms with Gasteiger partial charge in [-0.3, -0.25) is 9.80 Å². The smallest absolute Gasteiger partial charge is 0.263 e. The molecular formula is C21H42N2O. The number of unbranched alkanes of at least 4 members (excludes halogenated alkanes) is 9. The van der Waals surface area contributed by atoms with E-state index in [-0.39, 0.29) is 11.8 Å². The van der Waals surface area contributed by atoms with Crippen molar-refractivity contribution in [3.8, 4) is 0 Å². The van der Waals surface area contributed by atoms with Gasteiger partial charge in [0.05, 0.1) is 0 Å². The number of hydrogen-bond acceptors (Lipinski definition) is 2. The van der Waals surface area contributed by atoms with E-state index in [2.05, 4.69) is 25.9 Å². The van der Waals surface area contributed by atoms with Crippen molar-refractivity contribution in [1.82, 2.24) is 10.4 Å². The molecule has 3 nitrogen and oxygen atoms in total. The molecule has 0 atom stereocenters. The van der Waals surface area contributed by atoms with Gasteiger partial charge in [0.1, 0.15) is 0 Å². The van der Waals surface area contributed by atoms with Crippen molar-refractivity contribution >= 4 is 5.91 Å². The lowest BCUT2D eigenvalue weighted by Crippen LogP contribution is -2.45. The van der Waals surface area contributed by atoms with E-state index < -0.39 is 0 Å². The molecule has 142 valence electrons. The molecule has 0 heterocycles. The van der Waals surface area contributed by atoms with Crippen LogP contribution in [-0.4, -0.2) is 24.0 Å². The highest BCUT2D eigenvalue weighted by Crippen LogP contribution is 2.11. The standard InChI is InChI=1S/C21H42N2O/c1-6-8-9-10-11-12-13-14-15-16-17-22-23(18-7-2)21(24)20(5)19(3)4/h19,22H,5-18H2,1-4H3. The lowest BCUT2D eigenvalue weighted by molar-refractivity contribution is -0.130. The molecule has 0 saturated carbocycles.